The van der Waals surface area contributed by atoms with Gasteiger partial charge in [-0.15, -0.1) is 0 Å². The topological polar surface area (TPSA) is 47.3 Å². The minimum absolute atomic E-state index is 0.0241. The van der Waals surface area contributed by atoms with Crippen molar-refractivity contribution in [1.82, 2.24) is 14.4 Å². The van der Waals surface area contributed by atoms with Gasteiger partial charge in [-0.1, -0.05) is 0 Å². The van der Waals surface area contributed by atoms with E-state index in [1.165, 1.54) is 4.26 Å². The first-order valence-corrected chi connectivity index (χ1v) is 8.61. The summed E-state index contributed by atoms with van der Waals surface area (Å²) in [4.78, 5) is 22.1. The molecule has 5 heteroatoms. The first-order valence-electron chi connectivity index (χ1n) is 6.90. The van der Waals surface area contributed by atoms with Crippen LogP contribution in [0.3, 0.4) is 0 Å². The summed E-state index contributed by atoms with van der Waals surface area (Å²) in [5.74, 6) is 0. The number of hydrogen-bond acceptors (Lipinski definition) is 3. The predicted octanol–water partition coefficient (Wildman–Crippen LogP) is 2.61. The molecule has 0 saturated heterocycles. The molecule has 0 spiro atoms. The first-order chi connectivity index (χ1) is 10.8. The van der Waals surface area contributed by atoms with Gasteiger partial charge < -0.3 is 0 Å². The maximum atomic E-state index is 12.8. The van der Waals surface area contributed by atoms with Crippen LogP contribution < -0.4 is 5.56 Å². The Bertz CT molecular complexity index is 1250. The Morgan fingerprint density at radius 3 is 2.86 bits per heavy atom. The summed E-state index contributed by atoms with van der Waals surface area (Å²) in [6, 6.07) is 13.9. The normalized spacial score (nSPS) is 11.8. The van der Waals surface area contributed by atoms with Crippen molar-refractivity contribution in [3.63, 3.8) is 0 Å². The van der Waals surface area contributed by atoms with Gasteiger partial charge in [0.15, 0.2) is 0 Å². The minimum atomic E-state index is 0.0241. The zero-order valence-corrected chi connectivity index (χ0v) is 13.1. The van der Waals surface area contributed by atoms with Gasteiger partial charge in [-0.05, 0) is 0 Å². The van der Waals surface area contributed by atoms with Crippen LogP contribution in [0.25, 0.3) is 36.0 Å². The molecule has 0 bridgehead atoms. The number of benzene rings is 1. The molecular weight excluding hydrogens is 341 g/mol. The van der Waals surface area contributed by atoms with Gasteiger partial charge in [0, 0.05) is 0 Å². The molecule has 5 aromatic rings. The van der Waals surface area contributed by atoms with E-state index in [0.29, 0.717) is 5.65 Å². The summed E-state index contributed by atoms with van der Waals surface area (Å²) in [5, 5.41) is 2.08. The Morgan fingerprint density at radius 2 is 1.91 bits per heavy atom. The van der Waals surface area contributed by atoms with Gasteiger partial charge in [0.1, 0.15) is 0 Å². The van der Waals surface area contributed by atoms with E-state index in [2.05, 4.69) is 11.1 Å². The molecule has 22 heavy (non-hydrogen) atoms. The summed E-state index contributed by atoms with van der Waals surface area (Å²) in [7, 11) is 0. The quantitative estimate of drug-likeness (QED) is 0.319. The van der Waals surface area contributed by atoms with Gasteiger partial charge in [-0.3, -0.25) is 0 Å². The van der Waals surface area contributed by atoms with E-state index in [0.717, 1.165) is 26.1 Å². The molecule has 0 aliphatic rings. The molecule has 0 fully saturated rings. The molecule has 0 radical (unpaired) electrons. The van der Waals surface area contributed by atoms with Crippen molar-refractivity contribution in [2.45, 2.75) is 0 Å². The Labute approximate surface area is 130 Å². The van der Waals surface area contributed by atoms with E-state index in [1.807, 2.05) is 36.4 Å². The predicted molar refractivity (Wildman–Crippen MR) is 88.7 cm³/mol. The number of aromatic nitrogens is 3. The van der Waals surface area contributed by atoms with Crippen LogP contribution in [0.1, 0.15) is 0 Å². The van der Waals surface area contributed by atoms with Crippen molar-refractivity contribution in [1.29, 1.82) is 0 Å². The molecule has 0 aliphatic carbocycles. The standard InChI is InChI=1S/C17H9N3OSe/c21-17-15-14(11-5-1-2-6-12(11)22-15)19-16-13-10(4-3-8-18-13)7-9-20(16)17/h1-9H. The SMILES string of the molecule is O=c1c2[se]c3ccccc3c2nc2c3ncccc3ccn12. The van der Waals surface area contributed by atoms with Crippen molar-refractivity contribution in [2.24, 2.45) is 0 Å². The molecule has 5 rings (SSSR count). The summed E-state index contributed by atoms with van der Waals surface area (Å²) < 4.78 is 3.69. The van der Waals surface area contributed by atoms with Gasteiger partial charge >= 0.3 is 130 Å². The Kier molecular flexibility index (Phi) is 2.34. The molecule has 0 N–H and O–H groups in total. The molecule has 0 aliphatic heterocycles. The van der Waals surface area contributed by atoms with Gasteiger partial charge in [-0.25, -0.2) is 0 Å². The van der Waals surface area contributed by atoms with Crippen LogP contribution in [0.2, 0.25) is 0 Å². The Hall–Kier alpha value is -2.49. The monoisotopic (exact) mass is 351 g/mol. The van der Waals surface area contributed by atoms with E-state index in [-0.39, 0.29) is 20.1 Å². The second kappa shape index (κ2) is 4.26. The fraction of sp³-hybridized carbons (Fsp3) is 0. The summed E-state index contributed by atoms with van der Waals surface area (Å²) in [5.41, 5.74) is 2.26. The molecule has 0 unspecified atom stereocenters. The number of hydrogen-bond donors (Lipinski definition) is 0. The number of fused-ring (bicyclic) bond motifs is 6. The van der Waals surface area contributed by atoms with Crippen molar-refractivity contribution in [3.05, 3.63) is 65.2 Å². The van der Waals surface area contributed by atoms with Crippen LogP contribution in [-0.4, -0.2) is 28.9 Å². The molecule has 4 nitrogen and oxygen atoms in total. The molecule has 104 valence electrons. The summed E-state index contributed by atoms with van der Waals surface area (Å²) in [6.07, 6.45) is 3.54. The maximum absolute atomic E-state index is 12.8. The second-order valence-electron chi connectivity index (χ2n) is 5.14. The number of rotatable bonds is 0. The van der Waals surface area contributed by atoms with Crippen molar-refractivity contribution < 1.29 is 0 Å². The van der Waals surface area contributed by atoms with E-state index >= 15 is 0 Å². The van der Waals surface area contributed by atoms with Crippen molar-refractivity contribution >= 4 is 50.5 Å². The van der Waals surface area contributed by atoms with Gasteiger partial charge in [0.25, 0.3) is 0 Å². The van der Waals surface area contributed by atoms with E-state index < -0.39 is 0 Å². The third-order valence-corrected chi connectivity index (χ3v) is 6.29. The van der Waals surface area contributed by atoms with Crippen LogP contribution in [0.15, 0.2) is 59.7 Å². The van der Waals surface area contributed by atoms with E-state index in [9.17, 15) is 4.79 Å². The molecule has 4 aromatic heterocycles. The molecule has 0 amide bonds. The average molecular weight is 350 g/mol. The molecule has 0 atom stereocenters. The molecule has 1 aromatic carbocycles. The van der Waals surface area contributed by atoms with E-state index in [4.69, 9.17) is 4.98 Å². The Morgan fingerprint density at radius 1 is 1.00 bits per heavy atom. The van der Waals surface area contributed by atoms with Crippen molar-refractivity contribution in [3.8, 4) is 0 Å². The zero-order valence-electron chi connectivity index (χ0n) is 11.4. The molecule has 4 heterocycles. The van der Waals surface area contributed by atoms with Crippen LogP contribution in [0.5, 0.6) is 0 Å². The fourth-order valence-electron chi connectivity index (χ4n) is 2.85. The van der Waals surface area contributed by atoms with Crippen LogP contribution in [-0.2, 0) is 0 Å². The van der Waals surface area contributed by atoms with Gasteiger partial charge in [0.2, 0.25) is 0 Å². The van der Waals surface area contributed by atoms with Crippen LogP contribution in [0.4, 0.5) is 0 Å². The van der Waals surface area contributed by atoms with Crippen LogP contribution in [0, 0.1) is 0 Å². The van der Waals surface area contributed by atoms with E-state index in [1.54, 1.807) is 16.8 Å². The summed E-state index contributed by atoms with van der Waals surface area (Å²) >= 11 is 0.0241. The number of nitrogens with zero attached hydrogens (tertiary/aromatic N) is 3. The average Bonchev–Trinajstić information content (AvgIpc) is 2.94. The molecular formula is C17H9N3OSe. The second-order valence-corrected chi connectivity index (χ2v) is 7.35. The summed E-state index contributed by atoms with van der Waals surface area (Å²) in [6.45, 7) is 0. The van der Waals surface area contributed by atoms with Crippen molar-refractivity contribution in [2.75, 3.05) is 0 Å². The first kappa shape index (κ1) is 12.1. The Balaban J connectivity index is 2.13. The van der Waals surface area contributed by atoms with Gasteiger partial charge in [-0.2, -0.15) is 0 Å². The number of pyridine rings is 2. The fourth-order valence-corrected chi connectivity index (χ4v) is 5.12. The third-order valence-electron chi connectivity index (χ3n) is 3.88. The van der Waals surface area contributed by atoms with Crippen LogP contribution >= 0.6 is 0 Å². The zero-order chi connectivity index (χ0) is 14.7. The third kappa shape index (κ3) is 1.49. The van der Waals surface area contributed by atoms with Gasteiger partial charge in [0.05, 0.1) is 0 Å². The molecule has 0 saturated carbocycles.